The van der Waals surface area contributed by atoms with Crippen LogP contribution >= 0.6 is 11.3 Å². The number of hydrogen-bond donors (Lipinski definition) is 2. The molecule has 3 rings (SSSR count). The number of rotatable bonds is 2. The highest BCUT2D eigenvalue weighted by Crippen LogP contribution is 2.26. The average molecular weight is 259 g/mol. The Bertz CT molecular complexity index is 731. The second kappa shape index (κ2) is 3.92. The van der Waals surface area contributed by atoms with Gasteiger partial charge in [-0.25, -0.2) is 14.8 Å². The maximum Gasteiger partial charge on any atom is 0.338 e. The Labute approximate surface area is 106 Å². The van der Waals surface area contributed by atoms with Crippen molar-refractivity contribution in [3.05, 3.63) is 35.0 Å². The van der Waals surface area contributed by atoms with Gasteiger partial charge in [0.1, 0.15) is 5.65 Å². The van der Waals surface area contributed by atoms with Crippen molar-refractivity contribution in [2.75, 3.05) is 0 Å². The van der Waals surface area contributed by atoms with Crippen LogP contribution in [0.4, 0.5) is 0 Å². The zero-order valence-corrected chi connectivity index (χ0v) is 10.3. The van der Waals surface area contributed by atoms with Gasteiger partial charge in [0.05, 0.1) is 21.5 Å². The van der Waals surface area contributed by atoms with Crippen molar-refractivity contribution in [1.82, 2.24) is 15.0 Å². The Morgan fingerprint density at radius 3 is 2.94 bits per heavy atom. The van der Waals surface area contributed by atoms with Crippen LogP contribution in [0.5, 0.6) is 0 Å². The highest BCUT2D eigenvalue weighted by molar-refractivity contribution is 7.13. The van der Waals surface area contributed by atoms with Crippen LogP contribution in [0.2, 0.25) is 0 Å². The van der Waals surface area contributed by atoms with E-state index in [2.05, 4.69) is 15.0 Å². The lowest BCUT2D eigenvalue weighted by atomic mass is 10.2. The number of nitrogens with one attached hydrogen (secondary N) is 1. The van der Waals surface area contributed by atoms with Crippen molar-refractivity contribution in [2.24, 2.45) is 0 Å². The van der Waals surface area contributed by atoms with Gasteiger partial charge in [0.2, 0.25) is 0 Å². The third-order valence-electron chi connectivity index (χ3n) is 2.68. The Hall–Kier alpha value is -2.21. The van der Waals surface area contributed by atoms with Gasteiger partial charge >= 0.3 is 5.97 Å². The molecule has 0 saturated carbocycles. The molecule has 2 N–H and O–H groups in total. The van der Waals surface area contributed by atoms with Crippen molar-refractivity contribution in [1.29, 1.82) is 0 Å². The monoisotopic (exact) mass is 259 g/mol. The quantitative estimate of drug-likeness (QED) is 0.741. The Balaban J connectivity index is 2.27. The van der Waals surface area contributed by atoms with E-state index in [0.717, 1.165) is 4.88 Å². The van der Waals surface area contributed by atoms with Gasteiger partial charge in [0.25, 0.3) is 0 Å². The number of aromatic amines is 1. The van der Waals surface area contributed by atoms with Gasteiger partial charge in [0, 0.05) is 6.20 Å². The third-order valence-corrected chi connectivity index (χ3v) is 3.55. The van der Waals surface area contributed by atoms with E-state index in [0.29, 0.717) is 22.6 Å². The van der Waals surface area contributed by atoms with Crippen LogP contribution in [0.1, 0.15) is 16.1 Å². The number of nitrogens with zero attached hydrogens (tertiary/aromatic N) is 2. The van der Waals surface area contributed by atoms with Gasteiger partial charge in [0.15, 0.2) is 5.82 Å². The van der Waals surface area contributed by atoms with Crippen molar-refractivity contribution in [3.63, 3.8) is 0 Å². The van der Waals surface area contributed by atoms with Crippen LogP contribution in [-0.4, -0.2) is 26.0 Å². The van der Waals surface area contributed by atoms with Crippen LogP contribution in [0.25, 0.3) is 21.7 Å². The van der Waals surface area contributed by atoms with Gasteiger partial charge < -0.3 is 10.1 Å². The van der Waals surface area contributed by atoms with Gasteiger partial charge in [-0.2, -0.15) is 0 Å². The predicted octanol–water partition coefficient (Wildman–Crippen LogP) is 2.69. The topological polar surface area (TPSA) is 78.9 Å². The molecule has 3 heterocycles. The van der Waals surface area contributed by atoms with E-state index in [1.54, 1.807) is 18.3 Å². The molecule has 0 unspecified atom stereocenters. The molecule has 0 bridgehead atoms. The number of aryl methyl sites for hydroxylation is 1. The summed E-state index contributed by atoms with van der Waals surface area (Å²) in [5.41, 5.74) is 1.44. The normalized spacial score (nSPS) is 10.9. The van der Waals surface area contributed by atoms with Crippen LogP contribution in [0.3, 0.4) is 0 Å². The van der Waals surface area contributed by atoms with E-state index < -0.39 is 5.97 Å². The van der Waals surface area contributed by atoms with Gasteiger partial charge in [-0.05, 0) is 18.4 Å². The molecule has 18 heavy (non-hydrogen) atoms. The molecule has 0 amide bonds. The molecule has 0 spiro atoms. The van der Waals surface area contributed by atoms with E-state index in [1.165, 1.54) is 6.20 Å². The number of aromatic nitrogens is 3. The van der Waals surface area contributed by atoms with Crippen molar-refractivity contribution in [3.8, 4) is 10.7 Å². The molecule has 0 atom stereocenters. The van der Waals surface area contributed by atoms with E-state index >= 15 is 0 Å². The number of thiophene rings is 1. The summed E-state index contributed by atoms with van der Waals surface area (Å²) in [4.78, 5) is 23.7. The van der Waals surface area contributed by atoms with Gasteiger partial charge in [-0.15, -0.1) is 11.3 Å². The molecule has 0 saturated heterocycles. The molecular formula is C12H9N3O2S. The molecule has 6 heteroatoms. The first-order valence-corrected chi connectivity index (χ1v) is 6.17. The lowest BCUT2D eigenvalue weighted by molar-refractivity contribution is 0.0699. The SMILES string of the molecule is Cc1nc(-c2cccs2)nc2[nH]cc(C(=O)O)c12. The van der Waals surface area contributed by atoms with Crippen LogP contribution in [0.15, 0.2) is 23.7 Å². The van der Waals surface area contributed by atoms with E-state index in [-0.39, 0.29) is 5.56 Å². The number of carboxylic acid groups (broad SMARTS) is 1. The maximum atomic E-state index is 11.1. The summed E-state index contributed by atoms with van der Waals surface area (Å²) in [7, 11) is 0. The smallest absolute Gasteiger partial charge is 0.338 e. The molecule has 0 radical (unpaired) electrons. The highest BCUT2D eigenvalue weighted by Gasteiger charge is 2.16. The summed E-state index contributed by atoms with van der Waals surface area (Å²) in [6.07, 6.45) is 1.45. The van der Waals surface area contributed by atoms with Crippen molar-refractivity contribution >= 4 is 28.3 Å². The molecule has 0 aliphatic rings. The number of carboxylic acids is 1. The summed E-state index contributed by atoms with van der Waals surface area (Å²) in [6.45, 7) is 1.79. The first-order valence-electron chi connectivity index (χ1n) is 5.29. The van der Waals surface area contributed by atoms with Crippen molar-refractivity contribution < 1.29 is 9.90 Å². The summed E-state index contributed by atoms with van der Waals surface area (Å²) >= 11 is 1.55. The number of carbonyl (C=O) groups is 1. The Morgan fingerprint density at radius 1 is 1.44 bits per heavy atom. The first-order chi connectivity index (χ1) is 8.66. The summed E-state index contributed by atoms with van der Waals surface area (Å²) < 4.78 is 0. The minimum atomic E-state index is -0.975. The summed E-state index contributed by atoms with van der Waals surface area (Å²) in [5, 5.41) is 11.6. The summed E-state index contributed by atoms with van der Waals surface area (Å²) in [5.74, 6) is -0.356. The fourth-order valence-electron chi connectivity index (χ4n) is 1.90. The molecule has 90 valence electrons. The zero-order valence-electron chi connectivity index (χ0n) is 9.47. The molecule has 0 aliphatic carbocycles. The molecule has 3 aromatic rings. The lowest BCUT2D eigenvalue weighted by Gasteiger charge is -2.01. The fraction of sp³-hybridized carbons (Fsp3) is 0.0833. The van der Waals surface area contributed by atoms with Gasteiger partial charge in [-0.1, -0.05) is 6.07 Å². The highest BCUT2D eigenvalue weighted by atomic mass is 32.1. The van der Waals surface area contributed by atoms with Crippen LogP contribution in [-0.2, 0) is 0 Å². The number of fused-ring (bicyclic) bond motifs is 1. The maximum absolute atomic E-state index is 11.1. The van der Waals surface area contributed by atoms with E-state index in [9.17, 15) is 4.79 Å². The van der Waals surface area contributed by atoms with Gasteiger partial charge in [-0.3, -0.25) is 0 Å². The standard InChI is InChI=1S/C12H9N3O2S/c1-6-9-7(12(16)17)5-13-11(9)15-10(14-6)8-3-2-4-18-8/h2-5H,1H3,(H,16,17)(H,13,14,15). The molecule has 0 fully saturated rings. The second-order valence-electron chi connectivity index (χ2n) is 3.84. The average Bonchev–Trinajstić information content (AvgIpc) is 2.97. The number of H-pyrrole nitrogens is 1. The largest absolute Gasteiger partial charge is 0.478 e. The van der Waals surface area contributed by atoms with E-state index in [1.807, 2.05) is 17.5 Å². The molecular weight excluding hydrogens is 250 g/mol. The molecule has 0 aliphatic heterocycles. The second-order valence-corrected chi connectivity index (χ2v) is 4.79. The Morgan fingerprint density at radius 2 is 2.28 bits per heavy atom. The Kier molecular flexibility index (Phi) is 2.38. The molecule has 3 aromatic heterocycles. The number of aromatic carboxylic acids is 1. The minimum Gasteiger partial charge on any atom is -0.478 e. The van der Waals surface area contributed by atoms with Crippen molar-refractivity contribution in [2.45, 2.75) is 6.92 Å². The van der Waals surface area contributed by atoms with E-state index in [4.69, 9.17) is 5.11 Å². The lowest BCUT2D eigenvalue weighted by Crippen LogP contribution is -1.98. The molecule has 0 aromatic carbocycles. The van der Waals surface area contributed by atoms with Crippen LogP contribution in [0, 0.1) is 6.92 Å². The molecule has 5 nitrogen and oxygen atoms in total. The summed E-state index contributed by atoms with van der Waals surface area (Å²) in [6, 6.07) is 3.87. The number of hydrogen-bond acceptors (Lipinski definition) is 4. The first kappa shape index (κ1) is 10.9. The predicted molar refractivity (Wildman–Crippen MR) is 68.9 cm³/mol. The third kappa shape index (κ3) is 1.58. The minimum absolute atomic E-state index is 0.209. The zero-order chi connectivity index (χ0) is 12.7. The fourth-order valence-corrected chi connectivity index (χ4v) is 2.55. The van der Waals surface area contributed by atoms with Crippen LogP contribution < -0.4 is 0 Å².